The van der Waals surface area contributed by atoms with Gasteiger partial charge in [-0.3, -0.25) is 14.9 Å². The summed E-state index contributed by atoms with van der Waals surface area (Å²) in [6.45, 7) is 2.56. The maximum Gasteiger partial charge on any atom is 0.416 e. The van der Waals surface area contributed by atoms with Gasteiger partial charge in [0.15, 0.2) is 5.13 Å². The first-order valence-corrected chi connectivity index (χ1v) is 11.4. The number of nitro benzene ring substituents is 1. The molecule has 2 aliphatic rings. The highest BCUT2D eigenvalue weighted by atomic mass is 32.1. The van der Waals surface area contributed by atoms with E-state index in [0.717, 1.165) is 11.3 Å². The number of hydrogen-bond acceptors (Lipinski definition) is 8. The smallest absolute Gasteiger partial charge is 0.345 e. The third-order valence-corrected chi connectivity index (χ3v) is 7.46. The second-order valence-electron chi connectivity index (χ2n) is 8.23. The quantitative estimate of drug-likeness (QED) is 0.494. The van der Waals surface area contributed by atoms with Crippen LogP contribution in [0.4, 0.5) is 24.0 Å². The fourth-order valence-corrected chi connectivity index (χ4v) is 5.58. The first kappa shape index (κ1) is 22.9. The van der Waals surface area contributed by atoms with Gasteiger partial charge in [-0.05, 0) is 18.9 Å². The van der Waals surface area contributed by atoms with E-state index in [1.165, 1.54) is 32.1 Å². The predicted octanol–water partition coefficient (Wildman–Crippen LogP) is 3.89. The van der Waals surface area contributed by atoms with Gasteiger partial charge < -0.3 is 4.90 Å². The zero-order valence-electron chi connectivity index (χ0n) is 17.6. The van der Waals surface area contributed by atoms with Gasteiger partial charge in [0.05, 0.1) is 15.9 Å². The summed E-state index contributed by atoms with van der Waals surface area (Å²) in [5.74, 6) is 0. The van der Waals surface area contributed by atoms with Gasteiger partial charge in [-0.2, -0.15) is 18.2 Å². The van der Waals surface area contributed by atoms with Crippen molar-refractivity contribution in [3.05, 3.63) is 38.2 Å². The lowest BCUT2D eigenvalue weighted by molar-refractivity contribution is -0.383. The fraction of sp³-hybridized carbons (Fsp3) is 0.600. The molecule has 2 fully saturated rings. The topological polar surface area (TPSA) is 82.8 Å². The molecule has 1 saturated carbocycles. The van der Waals surface area contributed by atoms with Gasteiger partial charge in [-0.1, -0.05) is 30.6 Å². The number of nitrogens with zero attached hydrogens (tertiary/aromatic N) is 5. The monoisotopic (exact) mass is 471 g/mol. The van der Waals surface area contributed by atoms with Crippen LogP contribution < -0.4 is 10.5 Å². The van der Waals surface area contributed by atoms with Gasteiger partial charge in [0.2, 0.25) is 0 Å². The molecule has 1 saturated heterocycles. The SMILES string of the molecule is CN(C1CCCCC1)N1CCN(c2nc(=O)c3cc(C(F)(F)F)cc([N+](=O)[O-])c3s2)CC1. The Labute approximate surface area is 186 Å². The number of non-ortho nitro benzene ring substituents is 1. The average Bonchev–Trinajstić information content (AvgIpc) is 2.78. The first-order chi connectivity index (χ1) is 15.1. The summed E-state index contributed by atoms with van der Waals surface area (Å²) in [4.78, 5) is 29.0. The molecule has 4 rings (SSSR count). The molecule has 1 aromatic heterocycles. The summed E-state index contributed by atoms with van der Waals surface area (Å²) >= 11 is 0.893. The Balaban J connectivity index is 1.58. The van der Waals surface area contributed by atoms with Crippen LogP contribution in [0.5, 0.6) is 0 Å². The van der Waals surface area contributed by atoms with Crippen LogP contribution in [0.1, 0.15) is 37.7 Å². The number of nitro groups is 1. The van der Waals surface area contributed by atoms with Crippen molar-refractivity contribution in [2.45, 2.75) is 44.3 Å². The summed E-state index contributed by atoms with van der Waals surface area (Å²) < 4.78 is 39.3. The molecule has 174 valence electrons. The van der Waals surface area contributed by atoms with E-state index in [1.54, 1.807) is 0 Å². The van der Waals surface area contributed by atoms with E-state index in [1.807, 2.05) is 4.90 Å². The van der Waals surface area contributed by atoms with Crippen molar-refractivity contribution in [1.29, 1.82) is 0 Å². The summed E-state index contributed by atoms with van der Waals surface area (Å²) in [6, 6.07) is 1.66. The molecule has 1 aliphatic carbocycles. The van der Waals surface area contributed by atoms with Crippen LogP contribution in [0.2, 0.25) is 0 Å². The molecule has 2 heterocycles. The molecule has 2 aromatic rings. The Bertz CT molecular complexity index is 1060. The van der Waals surface area contributed by atoms with Crippen LogP contribution in [-0.4, -0.2) is 59.2 Å². The van der Waals surface area contributed by atoms with Crippen LogP contribution in [-0.2, 0) is 6.18 Å². The van der Waals surface area contributed by atoms with Crippen LogP contribution >= 0.6 is 11.3 Å². The van der Waals surface area contributed by atoms with E-state index in [-0.39, 0.29) is 10.1 Å². The Morgan fingerprint density at radius 2 is 1.81 bits per heavy atom. The molecule has 0 atom stereocenters. The molecule has 1 aliphatic heterocycles. The van der Waals surface area contributed by atoms with Crippen LogP contribution in [0.15, 0.2) is 16.9 Å². The fourth-order valence-electron chi connectivity index (χ4n) is 4.46. The van der Waals surface area contributed by atoms with Crippen LogP contribution in [0, 0.1) is 10.1 Å². The molecule has 12 heteroatoms. The van der Waals surface area contributed by atoms with Crippen LogP contribution in [0.3, 0.4) is 0 Å². The molecule has 1 aromatic carbocycles. The highest BCUT2D eigenvalue weighted by Crippen LogP contribution is 2.38. The van der Waals surface area contributed by atoms with Crippen LogP contribution in [0.25, 0.3) is 10.1 Å². The second-order valence-corrected chi connectivity index (χ2v) is 9.21. The molecule has 32 heavy (non-hydrogen) atoms. The maximum absolute atomic E-state index is 13.1. The summed E-state index contributed by atoms with van der Waals surface area (Å²) in [6.07, 6.45) is 1.30. The van der Waals surface area contributed by atoms with Crippen molar-refractivity contribution >= 4 is 32.2 Å². The van der Waals surface area contributed by atoms with E-state index in [4.69, 9.17) is 0 Å². The van der Waals surface area contributed by atoms with Crippen molar-refractivity contribution in [3.8, 4) is 0 Å². The second kappa shape index (κ2) is 8.91. The summed E-state index contributed by atoms with van der Waals surface area (Å²) in [5.41, 5.74) is -2.84. The lowest BCUT2D eigenvalue weighted by atomic mass is 9.95. The maximum atomic E-state index is 13.1. The number of halogens is 3. The first-order valence-electron chi connectivity index (χ1n) is 10.6. The molecule has 0 bridgehead atoms. The van der Waals surface area contributed by atoms with E-state index in [9.17, 15) is 28.1 Å². The molecule has 0 radical (unpaired) electrons. The lowest BCUT2D eigenvalue weighted by Crippen LogP contribution is -2.55. The number of anilines is 1. The Morgan fingerprint density at radius 3 is 2.41 bits per heavy atom. The molecular weight excluding hydrogens is 447 g/mol. The normalized spacial score (nSPS) is 19.1. The van der Waals surface area contributed by atoms with E-state index in [2.05, 4.69) is 22.0 Å². The van der Waals surface area contributed by atoms with Gasteiger partial charge in [-0.15, -0.1) is 0 Å². The third-order valence-electron chi connectivity index (χ3n) is 6.29. The van der Waals surface area contributed by atoms with Crippen molar-refractivity contribution in [2.24, 2.45) is 0 Å². The van der Waals surface area contributed by atoms with Gasteiger partial charge in [0, 0.05) is 45.3 Å². The summed E-state index contributed by atoms with van der Waals surface area (Å²) in [7, 11) is 2.10. The number of hydrogen-bond donors (Lipinski definition) is 0. The number of aromatic nitrogens is 1. The zero-order valence-corrected chi connectivity index (χ0v) is 18.4. The number of rotatable bonds is 4. The number of hydrazine groups is 1. The molecule has 0 N–H and O–H groups in total. The largest absolute Gasteiger partial charge is 0.416 e. The van der Waals surface area contributed by atoms with Gasteiger partial charge in [0.1, 0.15) is 4.70 Å². The Hall–Kier alpha value is -2.31. The molecule has 0 unspecified atom stereocenters. The highest BCUT2D eigenvalue weighted by Gasteiger charge is 2.34. The van der Waals surface area contributed by atoms with Crippen molar-refractivity contribution in [2.75, 3.05) is 38.1 Å². The molecule has 0 amide bonds. The number of piperazine rings is 1. The minimum Gasteiger partial charge on any atom is -0.345 e. The number of fused-ring (bicyclic) bond motifs is 1. The predicted molar refractivity (Wildman–Crippen MR) is 116 cm³/mol. The van der Waals surface area contributed by atoms with E-state index >= 15 is 0 Å². The summed E-state index contributed by atoms with van der Waals surface area (Å²) in [5, 5.41) is 15.9. The number of alkyl halides is 3. The molecule has 0 spiro atoms. The van der Waals surface area contributed by atoms with E-state index in [0.29, 0.717) is 49.5 Å². The van der Waals surface area contributed by atoms with Gasteiger partial charge >= 0.3 is 6.18 Å². The highest BCUT2D eigenvalue weighted by molar-refractivity contribution is 7.22. The standard InChI is InChI=1S/C20H24F3N5O3S/c1-25(14-5-3-2-4-6-14)27-9-7-26(8-10-27)19-24-18(29)15-11-13(20(21,22)23)12-16(28(30)31)17(15)32-19/h11-12,14H,2-10H2,1H3. The van der Waals surface area contributed by atoms with Crippen molar-refractivity contribution < 1.29 is 18.1 Å². The minimum atomic E-state index is -4.80. The van der Waals surface area contributed by atoms with Gasteiger partial charge in [0.25, 0.3) is 11.2 Å². The zero-order chi connectivity index (χ0) is 23.0. The van der Waals surface area contributed by atoms with Crippen molar-refractivity contribution in [1.82, 2.24) is 15.0 Å². The van der Waals surface area contributed by atoms with E-state index < -0.39 is 27.9 Å². The van der Waals surface area contributed by atoms with Gasteiger partial charge in [-0.25, -0.2) is 10.0 Å². The van der Waals surface area contributed by atoms with Crippen molar-refractivity contribution in [3.63, 3.8) is 0 Å². The minimum absolute atomic E-state index is 0.0836. The third kappa shape index (κ3) is 4.57. The lowest BCUT2D eigenvalue weighted by Gasteiger charge is -2.44. The molecule has 8 nitrogen and oxygen atoms in total. The Kier molecular flexibility index (Phi) is 6.37. The molecular formula is C20H24F3N5O3S. The average molecular weight is 472 g/mol. The Morgan fingerprint density at radius 1 is 1.16 bits per heavy atom. The number of benzene rings is 1.